The number of pyridine rings is 1. The van der Waals surface area contributed by atoms with E-state index in [-0.39, 0.29) is 23.3 Å². The van der Waals surface area contributed by atoms with Crippen LogP contribution in [0.3, 0.4) is 0 Å². The topological polar surface area (TPSA) is 79.2 Å². The van der Waals surface area contributed by atoms with E-state index in [2.05, 4.69) is 6.07 Å². The van der Waals surface area contributed by atoms with Crippen LogP contribution in [-0.4, -0.2) is 28.5 Å². The summed E-state index contributed by atoms with van der Waals surface area (Å²) in [6, 6.07) is 16.5. The second kappa shape index (κ2) is 6.78. The molecule has 6 nitrogen and oxygen atoms in total. The molecule has 3 aromatic rings. The molecule has 2 atom stereocenters. The van der Waals surface area contributed by atoms with Crippen molar-refractivity contribution >= 4 is 5.91 Å². The molecule has 2 aliphatic rings. The first kappa shape index (κ1) is 17.5. The summed E-state index contributed by atoms with van der Waals surface area (Å²) in [7, 11) is 0. The Balaban J connectivity index is 1.58. The molecule has 5 rings (SSSR count). The van der Waals surface area contributed by atoms with Crippen LogP contribution in [0.5, 0.6) is 0 Å². The van der Waals surface area contributed by atoms with Gasteiger partial charge in [0.05, 0.1) is 17.9 Å². The molecular weight excluding hydrogens is 366 g/mol. The highest BCUT2D eigenvalue weighted by atomic mass is 16.3. The first-order valence-electron chi connectivity index (χ1n) is 9.71. The molecule has 0 spiro atoms. The number of amides is 1. The highest BCUT2D eigenvalue weighted by Gasteiger charge is 2.38. The van der Waals surface area contributed by atoms with Crippen LogP contribution in [0.15, 0.2) is 64.0 Å². The summed E-state index contributed by atoms with van der Waals surface area (Å²) in [5.41, 5.74) is 3.40. The number of furan rings is 1. The zero-order valence-electron chi connectivity index (χ0n) is 15.7. The third-order valence-corrected chi connectivity index (χ3v) is 5.91. The lowest BCUT2D eigenvalue weighted by atomic mass is 9.80. The van der Waals surface area contributed by atoms with Gasteiger partial charge in [-0.3, -0.25) is 9.59 Å². The van der Waals surface area contributed by atoms with Crippen LogP contribution >= 0.6 is 0 Å². The predicted molar refractivity (Wildman–Crippen MR) is 106 cm³/mol. The zero-order valence-corrected chi connectivity index (χ0v) is 15.7. The maximum absolute atomic E-state index is 12.8. The van der Waals surface area contributed by atoms with E-state index in [4.69, 9.17) is 4.42 Å². The van der Waals surface area contributed by atoms with Crippen molar-refractivity contribution in [2.24, 2.45) is 5.92 Å². The van der Waals surface area contributed by atoms with Gasteiger partial charge in [0.1, 0.15) is 0 Å². The monoisotopic (exact) mass is 385 g/mol. The normalized spacial score (nSPS) is 20.0. The van der Waals surface area contributed by atoms with Gasteiger partial charge in [-0.25, -0.2) is 0 Å². The fraction of sp³-hybridized carbons (Fsp3) is 0.261. The fourth-order valence-electron chi connectivity index (χ4n) is 4.74. The largest absolute Gasteiger partial charge is 0.459 e. The number of nitriles is 1. The maximum Gasteiger partial charge on any atom is 0.289 e. The number of piperidine rings is 1. The summed E-state index contributed by atoms with van der Waals surface area (Å²) in [6.45, 7) is 1.76. The van der Waals surface area contributed by atoms with Crippen molar-refractivity contribution in [3.8, 4) is 17.2 Å². The molecule has 4 heterocycles. The minimum atomic E-state index is -0.107. The van der Waals surface area contributed by atoms with Gasteiger partial charge in [0.25, 0.3) is 11.5 Å². The lowest BCUT2D eigenvalue weighted by molar-refractivity contribution is 0.0564. The molecule has 1 saturated heterocycles. The van der Waals surface area contributed by atoms with Gasteiger partial charge in [-0.05, 0) is 48.2 Å². The average Bonchev–Trinajstić information content (AvgIpc) is 3.29. The molecule has 2 aromatic heterocycles. The van der Waals surface area contributed by atoms with Gasteiger partial charge in [-0.2, -0.15) is 5.26 Å². The second-order valence-corrected chi connectivity index (χ2v) is 7.76. The molecule has 1 aromatic carbocycles. The molecule has 2 aliphatic heterocycles. The third kappa shape index (κ3) is 2.95. The summed E-state index contributed by atoms with van der Waals surface area (Å²) >= 11 is 0. The minimum absolute atomic E-state index is 0.0132. The summed E-state index contributed by atoms with van der Waals surface area (Å²) in [6.07, 6.45) is 2.45. The first-order valence-corrected chi connectivity index (χ1v) is 9.71. The number of carbonyl (C=O) groups excluding carboxylic acids is 1. The van der Waals surface area contributed by atoms with Crippen LogP contribution in [0.25, 0.3) is 11.1 Å². The Hall–Kier alpha value is -3.59. The van der Waals surface area contributed by atoms with Gasteiger partial charge in [-0.15, -0.1) is 0 Å². The lowest BCUT2D eigenvalue weighted by Crippen LogP contribution is -2.49. The number of rotatable bonds is 2. The summed E-state index contributed by atoms with van der Waals surface area (Å²) in [5.74, 6) is 0.538. The lowest BCUT2D eigenvalue weighted by Gasteiger charge is -2.43. The van der Waals surface area contributed by atoms with E-state index < -0.39 is 0 Å². The molecule has 2 bridgehead atoms. The number of hydrogen-bond acceptors (Lipinski definition) is 4. The number of aromatic nitrogens is 1. The predicted octanol–water partition coefficient (Wildman–Crippen LogP) is 3.24. The van der Waals surface area contributed by atoms with Crippen LogP contribution < -0.4 is 5.56 Å². The van der Waals surface area contributed by atoms with Crippen molar-refractivity contribution in [1.82, 2.24) is 9.47 Å². The van der Waals surface area contributed by atoms with E-state index >= 15 is 0 Å². The van der Waals surface area contributed by atoms with Crippen LogP contribution in [0.4, 0.5) is 0 Å². The number of carbonyl (C=O) groups is 1. The molecule has 6 heteroatoms. The van der Waals surface area contributed by atoms with Crippen molar-refractivity contribution in [1.29, 1.82) is 5.26 Å². The molecule has 0 aliphatic carbocycles. The molecule has 29 heavy (non-hydrogen) atoms. The number of hydrogen-bond donors (Lipinski definition) is 0. The Labute approximate surface area is 167 Å². The van der Waals surface area contributed by atoms with Crippen LogP contribution in [0.1, 0.15) is 34.2 Å². The average molecular weight is 385 g/mol. The molecule has 0 unspecified atom stereocenters. The Morgan fingerprint density at radius 1 is 1.10 bits per heavy atom. The van der Waals surface area contributed by atoms with Crippen LogP contribution in [0.2, 0.25) is 0 Å². The van der Waals surface area contributed by atoms with Crippen molar-refractivity contribution in [2.45, 2.75) is 18.9 Å². The molecule has 144 valence electrons. The van der Waals surface area contributed by atoms with Crippen molar-refractivity contribution in [2.75, 3.05) is 13.1 Å². The fourth-order valence-corrected chi connectivity index (χ4v) is 4.74. The van der Waals surface area contributed by atoms with Gasteiger partial charge in [0.2, 0.25) is 0 Å². The minimum Gasteiger partial charge on any atom is -0.459 e. The van der Waals surface area contributed by atoms with E-state index in [0.29, 0.717) is 31.0 Å². The highest BCUT2D eigenvalue weighted by molar-refractivity contribution is 5.91. The Kier molecular flexibility index (Phi) is 4.09. The maximum atomic E-state index is 12.8. The van der Waals surface area contributed by atoms with Crippen molar-refractivity contribution in [3.05, 3.63) is 82.2 Å². The molecule has 0 N–H and O–H groups in total. The molecule has 1 fully saturated rings. The van der Waals surface area contributed by atoms with Crippen LogP contribution in [-0.2, 0) is 6.54 Å². The Bertz CT molecular complexity index is 1190. The highest BCUT2D eigenvalue weighted by Crippen LogP contribution is 2.40. The SMILES string of the molecule is N#Cc1cccc(-c2ccc(=O)n3c2[C@H]2C[C@@H](CN(C(=O)c4ccco4)C2)C3)c1. The second-order valence-electron chi connectivity index (χ2n) is 7.76. The number of benzene rings is 1. The van der Waals surface area contributed by atoms with Crippen molar-refractivity contribution in [3.63, 3.8) is 0 Å². The Morgan fingerprint density at radius 3 is 2.79 bits per heavy atom. The number of fused-ring (bicyclic) bond motifs is 4. The van der Waals surface area contributed by atoms with E-state index in [1.165, 1.54) is 6.26 Å². The van der Waals surface area contributed by atoms with Gasteiger partial charge in [0, 0.05) is 42.9 Å². The van der Waals surface area contributed by atoms with E-state index in [0.717, 1.165) is 23.2 Å². The third-order valence-electron chi connectivity index (χ3n) is 5.91. The molecule has 0 saturated carbocycles. The number of nitrogens with zero attached hydrogens (tertiary/aromatic N) is 3. The Morgan fingerprint density at radius 2 is 2.00 bits per heavy atom. The van der Waals surface area contributed by atoms with Crippen molar-refractivity contribution < 1.29 is 9.21 Å². The summed E-state index contributed by atoms with van der Waals surface area (Å²) in [4.78, 5) is 27.3. The van der Waals surface area contributed by atoms with Crippen LogP contribution in [0, 0.1) is 17.2 Å². The quantitative estimate of drug-likeness (QED) is 0.678. The summed E-state index contributed by atoms with van der Waals surface area (Å²) in [5, 5.41) is 9.26. The first-order chi connectivity index (χ1) is 14.1. The van der Waals surface area contributed by atoms with E-state index in [1.807, 2.05) is 33.7 Å². The van der Waals surface area contributed by atoms with Gasteiger partial charge in [-0.1, -0.05) is 12.1 Å². The van der Waals surface area contributed by atoms with E-state index in [1.54, 1.807) is 24.3 Å². The number of likely N-dealkylation sites (tertiary alicyclic amines) is 1. The molecule has 1 amide bonds. The molecular formula is C23H19N3O3. The standard InChI is InChI=1S/C23H19N3O3/c24-11-15-3-1-4-17(9-15)19-6-7-21(27)26-13-16-10-18(22(19)26)14-25(12-16)23(28)20-5-2-8-29-20/h1-9,16,18H,10,12-14H2/t16-,18-/m0/s1. The van der Waals surface area contributed by atoms with E-state index in [9.17, 15) is 14.9 Å². The van der Waals surface area contributed by atoms with Gasteiger partial charge in [0.15, 0.2) is 5.76 Å². The zero-order chi connectivity index (χ0) is 20.0. The summed E-state index contributed by atoms with van der Waals surface area (Å²) < 4.78 is 7.16. The molecule has 0 radical (unpaired) electrons. The smallest absolute Gasteiger partial charge is 0.289 e. The van der Waals surface area contributed by atoms with Gasteiger partial charge < -0.3 is 13.9 Å². The van der Waals surface area contributed by atoms with Gasteiger partial charge >= 0.3 is 0 Å².